The van der Waals surface area contributed by atoms with E-state index >= 15 is 0 Å². The van der Waals surface area contributed by atoms with Gasteiger partial charge in [-0.1, -0.05) is 0 Å². The average Bonchev–Trinajstić information content (AvgIpc) is 2.90. The van der Waals surface area contributed by atoms with Crippen molar-refractivity contribution in [1.29, 1.82) is 0 Å². The lowest BCUT2D eigenvalue weighted by Crippen LogP contribution is -2.59. The predicted molar refractivity (Wildman–Crippen MR) is 108 cm³/mol. The highest BCUT2D eigenvalue weighted by Crippen LogP contribution is 2.22. The molecule has 11 nitrogen and oxygen atoms in total. The van der Waals surface area contributed by atoms with Crippen LogP contribution in [0.4, 0.5) is 4.79 Å². The lowest BCUT2D eigenvalue weighted by molar-refractivity contribution is -0.205. The molecule has 31 heavy (non-hydrogen) atoms. The Bertz CT molecular complexity index is 707. The summed E-state index contributed by atoms with van der Waals surface area (Å²) in [7, 11) is 0. The molecule has 0 aromatic carbocycles. The van der Waals surface area contributed by atoms with Gasteiger partial charge in [-0.3, -0.25) is 9.59 Å². The fourth-order valence-corrected chi connectivity index (χ4v) is 2.51. The van der Waals surface area contributed by atoms with E-state index in [-0.39, 0.29) is 32.2 Å². The minimum Gasteiger partial charge on any atom is -0.458 e. The first-order valence-corrected chi connectivity index (χ1v) is 10.1. The van der Waals surface area contributed by atoms with Gasteiger partial charge in [-0.15, -0.1) is 5.06 Å². The number of carbonyl (C=O) groups excluding carboxylic acids is 5. The molecule has 1 aliphatic rings. The Hall–Kier alpha value is -2.69. The summed E-state index contributed by atoms with van der Waals surface area (Å²) in [6.45, 7) is 10.2. The van der Waals surface area contributed by atoms with Crippen LogP contribution < -0.4 is 11.1 Å². The number of imide groups is 1. The molecule has 0 bridgehead atoms. The van der Waals surface area contributed by atoms with Crippen LogP contribution in [0.15, 0.2) is 0 Å². The first-order chi connectivity index (χ1) is 14.0. The SMILES string of the molecule is CC(C)(C)OC(=O)NCCCC[C@](N)(C(=O)ON1C(=O)CCC1=O)C(=O)OC(C)(C)C. The Morgan fingerprint density at radius 1 is 0.903 bits per heavy atom. The van der Waals surface area contributed by atoms with Crippen molar-refractivity contribution >= 4 is 29.8 Å². The molecule has 3 amide bonds. The van der Waals surface area contributed by atoms with Gasteiger partial charge < -0.3 is 25.4 Å². The molecule has 0 aromatic heterocycles. The predicted octanol–water partition coefficient (Wildman–Crippen LogP) is 1.33. The number of nitrogens with one attached hydrogen (secondary N) is 1. The largest absolute Gasteiger partial charge is 0.458 e. The topological polar surface area (TPSA) is 154 Å². The highest BCUT2D eigenvalue weighted by molar-refractivity contribution is 6.07. The summed E-state index contributed by atoms with van der Waals surface area (Å²) in [5.74, 6) is -3.67. The van der Waals surface area contributed by atoms with E-state index in [1.807, 2.05) is 0 Å². The molecule has 1 aliphatic heterocycles. The van der Waals surface area contributed by atoms with Gasteiger partial charge in [0.25, 0.3) is 11.8 Å². The first kappa shape index (κ1) is 26.3. The minimum atomic E-state index is -2.23. The van der Waals surface area contributed by atoms with Crippen LogP contribution in [0.2, 0.25) is 0 Å². The molecule has 0 spiro atoms. The number of nitrogens with two attached hydrogens (primary N) is 1. The normalized spacial score (nSPS) is 16.5. The lowest BCUT2D eigenvalue weighted by atomic mass is 9.93. The molecule has 3 N–H and O–H groups in total. The molecule has 0 unspecified atom stereocenters. The second-order valence-electron chi connectivity index (χ2n) is 9.32. The molecule has 1 rings (SSSR count). The second-order valence-corrected chi connectivity index (χ2v) is 9.32. The van der Waals surface area contributed by atoms with Crippen LogP contribution in [0.1, 0.15) is 73.6 Å². The maximum absolute atomic E-state index is 12.7. The van der Waals surface area contributed by atoms with Crippen LogP contribution in [0.25, 0.3) is 0 Å². The second kappa shape index (κ2) is 10.1. The number of unbranched alkanes of at least 4 members (excludes halogenated alkanes) is 1. The zero-order valence-electron chi connectivity index (χ0n) is 19.0. The number of hydroxylamine groups is 2. The number of amides is 3. The molecule has 1 fully saturated rings. The Labute approximate surface area is 181 Å². The quantitative estimate of drug-likeness (QED) is 0.245. The number of ether oxygens (including phenoxy) is 2. The van der Waals surface area contributed by atoms with Gasteiger partial charge in [0.2, 0.25) is 5.54 Å². The molecule has 11 heteroatoms. The van der Waals surface area contributed by atoms with E-state index < -0.39 is 46.6 Å². The van der Waals surface area contributed by atoms with Crippen LogP contribution in [-0.4, -0.2) is 58.2 Å². The van der Waals surface area contributed by atoms with Gasteiger partial charge in [-0.25, -0.2) is 14.4 Å². The molecule has 0 aliphatic carbocycles. The van der Waals surface area contributed by atoms with E-state index in [0.717, 1.165) is 0 Å². The van der Waals surface area contributed by atoms with Crippen molar-refractivity contribution in [1.82, 2.24) is 10.4 Å². The summed E-state index contributed by atoms with van der Waals surface area (Å²) in [5, 5.41) is 2.89. The molecule has 1 atom stereocenters. The van der Waals surface area contributed by atoms with Crippen LogP contribution in [0.5, 0.6) is 0 Å². The summed E-state index contributed by atoms with van der Waals surface area (Å²) in [6, 6.07) is 0. The van der Waals surface area contributed by atoms with Crippen molar-refractivity contribution in [2.45, 2.75) is 90.4 Å². The van der Waals surface area contributed by atoms with Crippen LogP contribution in [0.3, 0.4) is 0 Å². The maximum atomic E-state index is 12.7. The lowest BCUT2D eigenvalue weighted by Gasteiger charge is -2.30. The third kappa shape index (κ3) is 8.52. The number of carbonyl (C=O) groups is 5. The molecular weight excluding hydrogens is 410 g/mol. The Kier molecular flexibility index (Phi) is 8.57. The zero-order valence-corrected chi connectivity index (χ0v) is 19.0. The molecule has 0 saturated carbocycles. The third-order valence-electron chi connectivity index (χ3n) is 3.97. The van der Waals surface area contributed by atoms with Gasteiger partial charge in [-0.05, 0) is 60.8 Å². The molecule has 176 valence electrons. The zero-order chi connectivity index (χ0) is 24.0. The van der Waals surface area contributed by atoms with E-state index in [4.69, 9.17) is 20.0 Å². The number of nitrogens with zero attached hydrogens (tertiary/aromatic N) is 1. The minimum absolute atomic E-state index is 0.0908. The Morgan fingerprint density at radius 2 is 1.42 bits per heavy atom. The molecule has 1 heterocycles. The van der Waals surface area contributed by atoms with Crippen molar-refractivity contribution in [2.24, 2.45) is 5.73 Å². The van der Waals surface area contributed by atoms with Gasteiger partial charge in [0.05, 0.1) is 0 Å². The van der Waals surface area contributed by atoms with E-state index in [1.165, 1.54) is 0 Å². The van der Waals surface area contributed by atoms with Gasteiger partial charge >= 0.3 is 18.0 Å². The number of rotatable bonds is 8. The summed E-state index contributed by atoms with van der Waals surface area (Å²) >= 11 is 0. The monoisotopic (exact) mass is 443 g/mol. The number of hydrogen-bond donors (Lipinski definition) is 2. The molecular formula is C20H33N3O8. The van der Waals surface area contributed by atoms with Gasteiger partial charge in [0, 0.05) is 19.4 Å². The highest BCUT2D eigenvalue weighted by Gasteiger charge is 2.49. The summed E-state index contributed by atoms with van der Waals surface area (Å²) in [6.07, 6.45) is -0.353. The fourth-order valence-electron chi connectivity index (χ4n) is 2.51. The Morgan fingerprint density at radius 3 is 1.90 bits per heavy atom. The van der Waals surface area contributed by atoms with Gasteiger partial charge in [0.15, 0.2) is 0 Å². The van der Waals surface area contributed by atoms with Crippen LogP contribution >= 0.6 is 0 Å². The van der Waals surface area contributed by atoms with E-state index in [2.05, 4.69) is 5.32 Å². The van der Waals surface area contributed by atoms with Crippen LogP contribution in [0, 0.1) is 0 Å². The van der Waals surface area contributed by atoms with Crippen molar-refractivity contribution in [3.8, 4) is 0 Å². The third-order valence-corrected chi connectivity index (χ3v) is 3.97. The van der Waals surface area contributed by atoms with E-state index in [1.54, 1.807) is 41.5 Å². The number of hydrogen-bond acceptors (Lipinski definition) is 9. The Balaban J connectivity index is 2.76. The molecule has 1 saturated heterocycles. The van der Waals surface area contributed by atoms with Crippen molar-refractivity contribution in [3.63, 3.8) is 0 Å². The van der Waals surface area contributed by atoms with Gasteiger partial charge in [0.1, 0.15) is 11.2 Å². The van der Waals surface area contributed by atoms with Gasteiger partial charge in [-0.2, -0.15) is 0 Å². The fraction of sp³-hybridized carbons (Fsp3) is 0.750. The van der Waals surface area contributed by atoms with E-state index in [0.29, 0.717) is 11.5 Å². The van der Waals surface area contributed by atoms with E-state index in [9.17, 15) is 24.0 Å². The van der Waals surface area contributed by atoms with Crippen molar-refractivity contribution in [2.75, 3.05) is 6.54 Å². The standard InChI is InChI=1S/C20H33N3O8/c1-18(2,3)29-15(26)20(21,16(27)31-23-13(24)9-10-14(23)25)11-7-8-12-22-17(28)30-19(4,5)6/h7-12,21H2,1-6H3,(H,22,28)/t20-/m1/s1. The van der Waals surface area contributed by atoms with Crippen molar-refractivity contribution < 1.29 is 38.3 Å². The smallest absolute Gasteiger partial charge is 0.407 e. The van der Waals surface area contributed by atoms with Crippen LogP contribution in [-0.2, 0) is 33.5 Å². The summed E-state index contributed by atoms with van der Waals surface area (Å²) < 4.78 is 10.4. The average molecular weight is 443 g/mol. The summed E-state index contributed by atoms with van der Waals surface area (Å²) in [4.78, 5) is 65.3. The number of alkyl carbamates (subject to hydrolysis) is 1. The van der Waals surface area contributed by atoms with Crippen molar-refractivity contribution in [3.05, 3.63) is 0 Å². The highest BCUT2D eigenvalue weighted by atomic mass is 16.7. The first-order valence-electron chi connectivity index (χ1n) is 10.1. The number of esters is 1. The molecule has 0 aromatic rings. The maximum Gasteiger partial charge on any atom is 0.407 e. The summed E-state index contributed by atoms with van der Waals surface area (Å²) in [5.41, 5.74) is 2.27. The molecule has 0 radical (unpaired) electrons.